The van der Waals surface area contributed by atoms with E-state index in [1.807, 2.05) is 17.1 Å². The molecule has 0 radical (unpaired) electrons. The van der Waals surface area contributed by atoms with Crippen molar-refractivity contribution in [3.05, 3.63) is 18.0 Å². The van der Waals surface area contributed by atoms with Crippen molar-refractivity contribution in [2.45, 2.75) is 52.1 Å². The minimum absolute atomic E-state index is 0.0197. The lowest BCUT2D eigenvalue weighted by Gasteiger charge is -2.09. The number of nitrogens with two attached hydrogens (primary N) is 1. The zero-order valence-electron chi connectivity index (χ0n) is 11.3. The molecule has 5 nitrogen and oxygen atoms in total. The van der Waals surface area contributed by atoms with Gasteiger partial charge in [0.05, 0.1) is 12.8 Å². The van der Waals surface area contributed by atoms with Gasteiger partial charge in [-0.15, -0.1) is 0 Å². The number of hydrogen-bond acceptors (Lipinski definition) is 4. The Kier molecular flexibility index (Phi) is 6.43. The van der Waals surface area contributed by atoms with Crippen LogP contribution in [0.3, 0.4) is 0 Å². The largest absolute Gasteiger partial charge is 0.466 e. The van der Waals surface area contributed by atoms with Gasteiger partial charge in [0.1, 0.15) is 0 Å². The summed E-state index contributed by atoms with van der Waals surface area (Å²) in [6, 6.07) is -0.0197. The molecule has 5 heteroatoms. The van der Waals surface area contributed by atoms with E-state index in [1.54, 1.807) is 6.92 Å². The lowest BCUT2D eigenvalue weighted by atomic mass is 10.1. The van der Waals surface area contributed by atoms with Crippen molar-refractivity contribution in [3.63, 3.8) is 0 Å². The second-order valence-electron chi connectivity index (χ2n) is 4.42. The second kappa shape index (κ2) is 7.87. The van der Waals surface area contributed by atoms with Gasteiger partial charge >= 0.3 is 5.97 Å². The Morgan fingerprint density at radius 2 is 2.33 bits per heavy atom. The monoisotopic (exact) mass is 253 g/mol. The highest BCUT2D eigenvalue weighted by atomic mass is 16.5. The number of hydrogen-bond donors (Lipinski definition) is 1. The summed E-state index contributed by atoms with van der Waals surface area (Å²) in [5.74, 6) is -0.172. The molecule has 0 aliphatic heterocycles. The first-order valence-electron chi connectivity index (χ1n) is 6.58. The number of carbonyl (C=O) groups is 1. The van der Waals surface area contributed by atoms with Gasteiger partial charge in [0, 0.05) is 25.2 Å². The zero-order chi connectivity index (χ0) is 13.4. The Bertz CT molecular complexity index is 363. The Hall–Kier alpha value is -1.36. The van der Waals surface area contributed by atoms with E-state index in [0.717, 1.165) is 24.9 Å². The van der Waals surface area contributed by atoms with Crippen LogP contribution < -0.4 is 5.73 Å². The lowest BCUT2D eigenvalue weighted by molar-refractivity contribution is -0.143. The van der Waals surface area contributed by atoms with Crippen LogP contribution in [-0.4, -0.2) is 28.4 Å². The maximum atomic E-state index is 11.2. The van der Waals surface area contributed by atoms with Gasteiger partial charge in [-0.3, -0.25) is 9.48 Å². The molecule has 0 saturated carbocycles. The van der Waals surface area contributed by atoms with Gasteiger partial charge in [-0.1, -0.05) is 6.92 Å². The zero-order valence-corrected chi connectivity index (χ0v) is 11.3. The Labute approximate surface area is 108 Å². The number of esters is 1. The third-order valence-corrected chi connectivity index (χ3v) is 2.66. The normalized spacial score (nSPS) is 12.4. The van der Waals surface area contributed by atoms with Crippen molar-refractivity contribution in [1.82, 2.24) is 9.78 Å². The first-order chi connectivity index (χ1) is 8.65. The predicted molar refractivity (Wildman–Crippen MR) is 70.1 cm³/mol. The van der Waals surface area contributed by atoms with Gasteiger partial charge in [-0.05, 0) is 31.7 Å². The van der Waals surface area contributed by atoms with Gasteiger partial charge in [-0.2, -0.15) is 5.10 Å². The van der Waals surface area contributed by atoms with E-state index in [9.17, 15) is 4.79 Å². The van der Waals surface area contributed by atoms with Gasteiger partial charge in [0.2, 0.25) is 0 Å². The van der Waals surface area contributed by atoms with E-state index < -0.39 is 0 Å². The van der Waals surface area contributed by atoms with Crippen LogP contribution in [0.4, 0.5) is 0 Å². The van der Waals surface area contributed by atoms with E-state index >= 15 is 0 Å². The lowest BCUT2D eigenvalue weighted by Crippen LogP contribution is -2.24. The number of carbonyl (C=O) groups excluding carboxylic acids is 1. The molecule has 1 heterocycles. The van der Waals surface area contributed by atoms with Crippen LogP contribution in [0.2, 0.25) is 0 Å². The third kappa shape index (κ3) is 5.31. The highest BCUT2D eigenvalue weighted by Gasteiger charge is 2.09. The summed E-state index contributed by atoms with van der Waals surface area (Å²) in [6.45, 7) is 5.28. The quantitative estimate of drug-likeness (QED) is 0.713. The smallest absolute Gasteiger partial charge is 0.305 e. The Balaban J connectivity index is 2.30. The van der Waals surface area contributed by atoms with E-state index in [2.05, 4.69) is 12.0 Å². The van der Waals surface area contributed by atoms with Gasteiger partial charge < -0.3 is 10.5 Å². The molecule has 0 saturated heterocycles. The number of aromatic nitrogens is 2. The molecule has 1 rings (SSSR count). The average molecular weight is 253 g/mol. The van der Waals surface area contributed by atoms with Crippen LogP contribution in [0, 0.1) is 0 Å². The standard InChI is InChI=1S/C13H23N3O2/c1-3-7-16-10-11(9-15-16)8-12(14)5-6-13(17)18-4-2/h9-10,12H,3-8,14H2,1-2H3. The second-order valence-corrected chi connectivity index (χ2v) is 4.42. The van der Waals surface area contributed by atoms with E-state index in [4.69, 9.17) is 10.5 Å². The maximum Gasteiger partial charge on any atom is 0.305 e. The first kappa shape index (κ1) is 14.7. The molecule has 18 heavy (non-hydrogen) atoms. The molecule has 0 amide bonds. The van der Waals surface area contributed by atoms with Gasteiger partial charge in [0.15, 0.2) is 0 Å². The fraction of sp³-hybridized carbons (Fsp3) is 0.692. The van der Waals surface area contributed by atoms with Crippen molar-refractivity contribution in [1.29, 1.82) is 0 Å². The summed E-state index contributed by atoms with van der Waals surface area (Å²) in [6.07, 6.45) is 6.72. The Morgan fingerprint density at radius 3 is 3.00 bits per heavy atom. The molecule has 0 spiro atoms. The predicted octanol–water partition coefficient (Wildman–Crippen LogP) is 1.51. The molecule has 1 unspecified atom stereocenters. The molecule has 102 valence electrons. The van der Waals surface area contributed by atoms with Crippen molar-refractivity contribution < 1.29 is 9.53 Å². The molecule has 0 bridgehead atoms. The van der Waals surface area contributed by atoms with Crippen molar-refractivity contribution >= 4 is 5.97 Å². The molecule has 1 aromatic rings. The molecular weight excluding hydrogens is 230 g/mol. The molecular formula is C13H23N3O2. The molecule has 2 N–H and O–H groups in total. The Morgan fingerprint density at radius 1 is 1.56 bits per heavy atom. The average Bonchev–Trinajstić information content (AvgIpc) is 2.75. The molecule has 0 aliphatic rings. The molecule has 0 aliphatic carbocycles. The van der Waals surface area contributed by atoms with Gasteiger partial charge in [-0.25, -0.2) is 0 Å². The fourth-order valence-corrected chi connectivity index (χ4v) is 1.80. The minimum atomic E-state index is -0.172. The number of aryl methyl sites for hydroxylation is 1. The van der Waals surface area contributed by atoms with Crippen molar-refractivity contribution in [2.75, 3.05) is 6.61 Å². The number of rotatable bonds is 8. The topological polar surface area (TPSA) is 70.1 Å². The SMILES string of the molecule is CCCn1cc(CC(N)CCC(=O)OCC)cn1. The van der Waals surface area contributed by atoms with E-state index in [-0.39, 0.29) is 12.0 Å². The molecule has 1 atom stereocenters. The van der Waals surface area contributed by atoms with Crippen LogP contribution in [0.5, 0.6) is 0 Å². The van der Waals surface area contributed by atoms with Crippen LogP contribution in [-0.2, 0) is 22.5 Å². The van der Waals surface area contributed by atoms with Crippen LogP contribution >= 0.6 is 0 Å². The van der Waals surface area contributed by atoms with E-state index in [1.165, 1.54) is 0 Å². The summed E-state index contributed by atoms with van der Waals surface area (Å²) >= 11 is 0. The minimum Gasteiger partial charge on any atom is -0.466 e. The number of ether oxygens (including phenoxy) is 1. The number of nitrogens with zero attached hydrogens (tertiary/aromatic N) is 2. The van der Waals surface area contributed by atoms with Crippen molar-refractivity contribution in [2.24, 2.45) is 5.73 Å². The molecule has 0 fully saturated rings. The van der Waals surface area contributed by atoms with Crippen LogP contribution in [0.25, 0.3) is 0 Å². The van der Waals surface area contributed by atoms with E-state index in [0.29, 0.717) is 19.4 Å². The highest BCUT2D eigenvalue weighted by Crippen LogP contribution is 2.06. The molecule has 0 aromatic carbocycles. The third-order valence-electron chi connectivity index (χ3n) is 2.66. The van der Waals surface area contributed by atoms with Crippen LogP contribution in [0.1, 0.15) is 38.7 Å². The maximum absolute atomic E-state index is 11.2. The van der Waals surface area contributed by atoms with Crippen molar-refractivity contribution in [3.8, 4) is 0 Å². The summed E-state index contributed by atoms with van der Waals surface area (Å²) in [5.41, 5.74) is 7.11. The summed E-state index contributed by atoms with van der Waals surface area (Å²) in [5, 5.41) is 4.25. The summed E-state index contributed by atoms with van der Waals surface area (Å²) in [7, 11) is 0. The fourth-order valence-electron chi connectivity index (χ4n) is 1.80. The van der Waals surface area contributed by atoms with Gasteiger partial charge in [0.25, 0.3) is 0 Å². The molecule has 1 aromatic heterocycles. The summed E-state index contributed by atoms with van der Waals surface area (Å²) in [4.78, 5) is 11.2. The van der Waals surface area contributed by atoms with Crippen LogP contribution in [0.15, 0.2) is 12.4 Å². The first-order valence-corrected chi connectivity index (χ1v) is 6.58. The highest BCUT2D eigenvalue weighted by molar-refractivity contribution is 5.69. The summed E-state index contributed by atoms with van der Waals surface area (Å²) < 4.78 is 6.79.